The maximum atomic E-state index is 2.41. The van der Waals surface area contributed by atoms with Gasteiger partial charge in [0.1, 0.15) is 0 Å². The van der Waals surface area contributed by atoms with Crippen molar-refractivity contribution in [1.82, 2.24) is 9.47 Å². The lowest BCUT2D eigenvalue weighted by molar-refractivity contribution is 0.312. The number of likely N-dealkylation sites (N-methyl/N-ethyl adjacent to an activating group) is 1. The standard InChI is InChI=1S/C23H27N3/c1-17-5-10-22-20(15-17)21-16-25(4)13-12-23(21)26(22)14-11-18-6-8-19(9-7-18)24(2)3/h5-11,14-15H,12-13,16H2,1-4H3. The second-order valence-corrected chi connectivity index (χ2v) is 7.61. The lowest BCUT2D eigenvalue weighted by atomic mass is 10.0. The van der Waals surface area contributed by atoms with E-state index in [1.807, 2.05) is 0 Å². The van der Waals surface area contributed by atoms with Crippen molar-refractivity contribution in [2.45, 2.75) is 19.9 Å². The van der Waals surface area contributed by atoms with Gasteiger partial charge in [-0.15, -0.1) is 0 Å². The molecular weight excluding hydrogens is 318 g/mol. The number of nitrogens with zero attached hydrogens (tertiary/aromatic N) is 3. The number of aromatic nitrogens is 1. The third kappa shape index (κ3) is 3.04. The Morgan fingerprint density at radius 2 is 1.81 bits per heavy atom. The monoisotopic (exact) mass is 345 g/mol. The number of anilines is 1. The Balaban J connectivity index is 1.76. The van der Waals surface area contributed by atoms with Crippen LogP contribution in [0.5, 0.6) is 0 Å². The molecule has 0 aliphatic carbocycles. The maximum Gasteiger partial charge on any atom is 0.0528 e. The van der Waals surface area contributed by atoms with E-state index in [0.29, 0.717) is 0 Å². The first-order valence-electron chi connectivity index (χ1n) is 9.29. The second kappa shape index (κ2) is 6.65. The Kier molecular flexibility index (Phi) is 4.33. The SMILES string of the molecule is Cc1ccc2c(c1)c1c(n2C=Cc2ccc(N(C)C)cc2)CCN(C)C1. The normalized spacial score (nSPS) is 14.9. The van der Waals surface area contributed by atoms with E-state index in [4.69, 9.17) is 0 Å². The highest BCUT2D eigenvalue weighted by atomic mass is 15.1. The minimum Gasteiger partial charge on any atom is -0.378 e. The number of hydrogen-bond acceptors (Lipinski definition) is 2. The fourth-order valence-corrected chi connectivity index (χ4v) is 3.86. The fourth-order valence-electron chi connectivity index (χ4n) is 3.86. The maximum absolute atomic E-state index is 2.41. The molecule has 134 valence electrons. The summed E-state index contributed by atoms with van der Waals surface area (Å²) in [5, 5.41) is 1.40. The van der Waals surface area contributed by atoms with Gasteiger partial charge in [0.25, 0.3) is 0 Å². The molecule has 0 bridgehead atoms. The van der Waals surface area contributed by atoms with Crippen LogP contribution in [0.2, 0.25) is 0 Å². The van der Waals surface area contributed by atoms with Crippen LogP contribution in [0.1, 0.15) is 22.4 Å². The molecule has 1 aliphatic heterocycles. The smallest absolute Gasteiger partial charge is 0.0528 e. The van der Waals surface area contributed by atoms with Gasteiger partial charge in [-0.2, -0.15) is 0 Å². The van der Waals surface area contributed by atoms with Crippen LogP contribution in [0.25, 0.3) is 23.2 Å². The molecule has 3 nitrogen and oxygen atoms in total. The van der Waals surface area contributed by atoms with Gasteiger partial charge < -0.3 is 14.4 Å². The van der Waals surface area contributed by atoms with Crippen LogP contribution in [0.4, 0.5) is 5.69 Å². The Morgan fingerprint density at radius 3 is 2.54 bits per heavy atom. The van der Waals surface area contributed by atoms with Crippen molar-refractivity contribution in [1.29, 1.82) is 0 Å². The Hall–Kier alpha value is -2.52. The molecule has 0 saturated heterocycles. The van der Waals surface area contributed by atoms with Crippen LogP contribution >= 0.6 is 0 Å². The van der Waals surface area contributed by atoms with Crippen LogP contribution in [-0.2, 0) is 13.0 Å². The molecule has 1 aromatic heterocycles. The number of aryl methyl sites for hydroxylation is 1. The first kappa shape index (κ1) is 16.9. The topological polar surface area (TPSA) is 11.4 Å². The minimum atomic E-state index is 1.04. The molecule has 3 aromatic rings. The first-order chi connectivity index (χ1) is 12.5. The van der Waals surface area contributed by atoms with E-state index in [2.05, 4.69) is 97.2 Å². The molecule has 0 atom stereocenters. The number of benzene rings is 2. The summed E-state index contributed by atoms with van der Waals surface area (Å²) >= 11 is 0. The minimum absolute atomic E-state index is 1.04. The number of rotatable bonds is 3. The molecule has 2 aromatic carbocycles. The van der Waals surface area contributed by atoms with Gasteiger partial charge >= 0.3 is 0 Å². The van der Waals surface area contributed by atoms with Crippen molar-refractivity contribution < 1.29 is 0 Å². The van der Waals surface area contributed by atoms with Crippen molar-refractivity contribution in [3.05, 3.63) is 64.8 Å². The highest BCUT2D eigenvalue weighted by Gasteiger charge is 2.21. The Bertz CT molecular complexity index is 961. The zero-order chi connectivity index (χ0) is 18.3. The fraction of sp³-hybridized carbons (Fsp3) is 0.304. The predicted octanol–water partition coefficient (Wildman–Crippen LogP) is 4.63. The van der Waals surface area contributed by atoms with Gasteiger partial charge in [0.2, 0.25) is 0 Å². The summed E-state index contributed by atoms with van der Waals surface area (Å²) in [4.78, 5) is 4.54. The average Bonchev–Trinajstić information content (AvgIpc) is 2.92. The molecule has 0 spiro atoms. The van der Waals surface area contributed by atoms with E-state index < -0.39 is 0 Å². The summed E-state index contributed by atoms with van der Waals surface area (Å²) in [5.41, 5.74) is 8.05. The van der Waals surface area contributed by atoms with Crippen LogP contribution in [0, 0.1) is 6.92 Å². The third-order valence-electron chi connectivity index (χ3n) is 5.36. The number of fused-ring (bicyclic) bond motifs is 3. The van der Waals surface area contributed by atoms with Gasteiger partial charge in [-0.3, -0.25) is 0 Å². The van der Waals surface area contributed by atoms with Crippen molar-refractivity contribution in [3.8, 4) is 0 Å². The summed E-state index contributed by atoms with van der Waals surface area (Å²) in [6.07, 6.45) is 5.56. The van der Waals surface area contributed by atoms with Gasteiger partial charge in [0.15, 0.2) is 0 Å². The molecule has 0 N–H and O–H groups in total. The van der Waals surface area contributed by atoms with E-state index in [0.717, 1.165) is 19.5 Å². The van der Waals surface area contributed by atoms with E-state index in [1.165, 1.54) is 39.0 Å². The molecule has 2 heterocycles. The molecule has 0 radical (unpaired) electrons. The zero-order valence-electron chi connectivity index (χ0n) is 16.2. The van der Waals surface area contributed by atoms with Crippen LogP contribution in [0.15, 0.2) is 42.5 Å². The van der Waals surface area contributed by atoms with Gasteiger partial charge in [-0.05, 0) is 55.4 Å². The van der Waals surface area contributed by atoms with Crippen molar-refractivity contribution in [3.63, 3.8) is 0 Å². The average molecular weight is 345 g/mol. The summed E-state index contributed by atoms with van der Waals surface area (Å²) in [7, 11) is 6.36. The molecule has 0 saturated carbocycles. The molecule has 4 rings (SSSR count). The van der Waals surface area contributed by atoms with Gasteiger partial charge in [0.05, 0.1) is 5.52 Å². The summed E-state index contributed by atoms with van der Waals surface area (Å²) in [5.74, 6) is 0. The molecular formula is C23H27N3. The predicted molar refractivity (Wildman–Crippen MR) is 113 cm³/mol. The van der Waals surface area contributed by atoms with Gasteiger partial charge in [0, 0.05) is 56.6 Å². The Labute approximate surface area is 156 Å². The second-order valence-electron chi connectivity index (χ2n) is 7.61. The van der Waals surface area contributed by atoms with Crippen molar-refractivity contribution in [2.24, 2.45) is 0 Å². The lowest BCUT2D eigenvalue weighted by Gasteiger charge is -2.23. The van der Waals surface area contributed by atoms with Crippen molar-refractivity contribution >= 4 is 28.9 Å². The van der Waals surface area contributed by atoms with Crippen LogP contribution < -0.4 is 4.90 Å². The highest BCUT2D eigenvalue weighted by Crippen LogP contribution is 2.31. The van der Waals surface area contributed by atoms with Crippen molar-refractivity contribution in [2.75, 3.05) is 32.6 Å². The van der Waals surface area contributed by atoms with E-state index in [1.54, 1.807) is 0 Å². The molecule has 26 heavy (non-hydrogen) atoms. The highest BCUT2D eigenvalue weighted by molar-refractivity contribution is 5.89. The molecule has 0 fully saturated rings. The quantitative estimate of drug-likeness (QED) is 0.685. The molecule has 1 aliphatic rings. The van der Waals surface area contributed by atoms with E-state index in [9.17, 15) is 0 Å². The van der Waals surface area contributed by atoms with E-state index in [-0.39, 0.29) is 0 Å². The van der Waals surface area contributed by atoms with Gasteiger partial charge in [-0.1, -0.05) is 23.8 Å². The summed E-state index contributed by atoms with van der Waals surface area (Å²) in [6, 6.07) is 15.5. The zero-order valence-corrected chi connectivity index (χ0v) is 16.2. The Morgan fingerprint density at radius 1 is 1.04 bits per heavy atom. The first-order valence-corrected chi connectivity index (χ1v) is 9.29. The number of hydrogen-bond donors (Lipinski definition) is 0. The van der Waals surface area contributed by atoms with Gasteiger partial charge in [-0.25, -0.2) is 0 Å². The van der Waals surface area contributed by atoms with Crippen LogP contribution in [-0.4, -0.2) is 37.2 Å². The molecule has 0 unspecified atom stereocenters. The third-order valence-corrected chi connectivity index (χ3v) is 5.36. The largest absolute Gasteiger partial charge is 0.378 e. The molecule has 3 heteroatoms. The van der Waals surface area contributed by atoms with Crippen LogP contribution in [0.3, 0.4) is 0 Å². The summed E-state index contributed by atoms with van der Waals surface area (Å²) in [6.45, 7) is 4.33. The van der Waals surface area contributed by atoms with E-state index >= 15 is 0 Å². The summed E-state index contributed by atoms with van der Waals surface area (Å²) < 4.78 is 2.40. The lowest BCUT2D eigenvalue weighted by Crippen LogP contribution is -2.26. The molecule has 0 amide bonds.